The number of benzene rings is 2. The van der Waals surface area contributed by atoms with E-state index in [1.54, 1.807) is 26.4 Å². The second kappa shape index (κ2) is 14.2. The summed E-state index contributed by atoms with van der Waals surface area (Å²) in [4.78, 5) is 46.2. The van der Waals surface area contributed by atoms with Crippen LogP contribution in [-0.2, 0) is 51.7 Å². The zero-order valence-corrected chi connectivity index (χ0v) is 31.6. The van der Waals surface area contributed by atoms with Crippen molar-refractivity contribution < 1.29 is 33.3 Å². The summed E-state index contributed by atoms with van der Waals surface area (Å²) in [5, 5.41) is 9.41. The molecule has 4 heterocycles. The third-order valence-electron chi connectivity index (χ3n) is 12.5. The van der Waals surface area contributed by atoms with E-state index in [-0.39, 0.29) is 30.4 Å². The van der Waals surface area contributed by atoms with Crippen molar-refractivity contribution in [1.29, 1.82) is 0 Å². The van der Waals surface area contributed by atoms with Crippen LogP contribution in [0.2, 0.25) is 5.02 Å². The Morgan fingerprint density at radius 2 is 1.83 bits per heavy atom. The number of hydrogen-bond acceptors (Lipinski definition) is 9. The van der Waals surface area contributed by atoms with Crippen LogP contribution in [0.5, 0.6) is 17.2 Å². The number of halogens is 1. The number of fused-ring (bicyclic) bond motifs is 2. The molecular weight excluding hydrogens is 698 g/mol. The monoisotopic (exact) mass is 745 g/mol. The normalized spacial score (nSPS) is 24.2. The molecule has 2 aliphatic carbocycles. The molecule has 2 amide bonds. The molecule has 0 unspecified atom stereocenters. The molecule has 0 N–H and O–H groups in total. The second-order valence-corrected chi connectivity index (χ2v) is 16.2. The Bertz CT molecular complexity index is 1930. The van der Waals surface area contributed by atoms with Gasteiger partial charge in [0.15, 0.2) is 0 Å². The topological polar surface area (TPSA) is 125 Å². The highest BCUT2D eigenvalue weighted by molar-refractivity contribution is 6.31. The third-order valence-corrected chi connectivity index (χ3v) is 12.9. The fourth-order valence-electron chi connectivity index (χ4n) is 9.15. The SMILES string of the molecule is COc1ccc(COC(=O)[C@@]2(C)CCC[C@H]2C(=O)N2CCc3c(Cl)ccc(OCc4nnn5c4CCCC5)c3[C@H]2CN2CC3(CC3)CC2=O)c(OC)c1. The highest BCUT2D eigenvalue weighted by Gasteiger charge is 2.54. The van der Waals surface area contributed by atoms with Gasteiger partial charge in [-0.3, -0.25) is 14.4 Å². The summed E-state index contributed by atoms with van der Waals surface area (Å²) >= 11 is 6.90. The van der Waals surface area contributed by atoms with Gasteiger partial charge in [-0.25, -0.2) is 4.68 Å². The van der Waals surface area contributed by atoms with E-state index in [0.29, 0.717) is 73.2 Å². The van der Waals surface area contributed by atoms with Crippen molar-refractivity contribution in [1.82, 2.24) is 24.8 Å². The van der Waals surface area contributed by atoms with Gasteiger partial charge in [0.25, 0.3) is 0 Å². The predicted octanol–water partition coefficient (Wildman–Crippen LogP) is 5.85. The van der Waals surface area contributed by atoms with Gasteiger partial charge >= 0.3 is 5.97 Å². The largest absolute Gasteiger partial charge is 0.497 e. The number of rotatable bonds is 11. The van der Waals surface area contributed by atoms with E-state index < -0.39 is 23.3 Å². The predicted molar refractivity (Wildman–Crippen MR) is 195 cm³/mol. The first-order valence-electron chi connectivity index (χ1n) is 18.9. The number of likely N-dealkylation sites (tertiary alicyclic amines) is 1. The van der Waals surface area contributed by atoms with E-state index in [9.17, 15) is 14.4 Å². The number of methoxy groups -OCH3 is 2. The minimum Gasteiger partial charge on any atom is -0.497 e. The van der Waals surface area contributed by atoms with Gasteiger partial charge in [-0.1, -0.05) is 23.2 Å². The molecule has 2 aromatic carbocycles. The molecule has 5 aliphatic rings. The zero-order chi connectivity index (χ0) is 36.9. The smallest absolute Gasteiger partial charge is 0.312 e. The lowest BCUT2D eigenvalue weighted by molar-refractivity contribution is -0.164. The third kappa shape index (κ3) is 6.61. The average Bonchev–Trinajstić information content (AvgIpc) is 3.45. The van der Waals surface area contributed by atoms with Crippen molar-refractivity contribution in [3.63, 3.8) is 0 Å². The maximum Gasteiger partial charge on any atom is 0.312 e. The lowest BCUT2D eigenvalue weighted by atomic mass is 9.78. The maximum atomic E-state index is 15.0. The van der Waals surface area contributed by atoms with Crippen molar-refractivity contribution in [3.8, 4) is 17.2 Å². The molecule has 2 saturated carbocycles. The Morgan fingerprint density at radius 3 is 2.60 bits per heavy atom. The summed E-state index contributed by atoms with van der Waals surface area (Å²) in [7, 11) is 3.14. The van der Waals surface area contributed by atoms with Crippen molar-refractivity contribution in [2.24, 2.45) is 16.7 Å². The molecule has 1 saturated heterocycles. The van der Waals surface area contributed by atoms with E-state index in [1.165, 1.54) is 0 Å². The van der Waals surface area contributed by atoms with E-state index in [1.807, 2.05) is 39.6 Å². The number of amides is 2. The fourth-order valence-corrected chi connectivity index (χ4v) is 9.41. The van der Waals surface area contributed by atoms with Crippen molar-refractivity contribution in [2.75, 3.05) is 33.9 Å². The number of esters is 1. The first-order chi connectivity index (χ1) is 25.6. The highest BCUT2D eigenvalue weighted by atomic mass is 35.5. The van der Waals surface area contributed by atoms with E-state index in [2.05, 4.69) is 10.3 Å². The van der Waals surface area contributed by atoms with E-state index in [0.717, 1.165) is 67.6 Å². The lowest BCUT2D eigenvalue weighted by Gasteiger charge is -2.43. The number of hydrogen-bond donors (Lipinski definition) is 0. The first-order valence-corrected chi connectivity index (χ1v) is 19.3. The number of aryl methyl sites for hydroxylation is 1. The Morgan fingerprint density at radius 1 is 0.981 bits per heavy atom. The van der Waals surface area contributed by atoms with Gasteiger partial charge in [0, 0.05) is 54.8 Å². The highest BCUT2D eigenvalue weighted by Crippen LogP contribution is 2.54. The number of nitrogens with zero attached hydrogens (tertiary/aromatic N) is 5. The summed E-state index contributed by atoms with van der Waals surface area (Å²) in [6, 6.07) is 8.58. The molecule has 0 radical (unpaired) electrons. The summed E-state index contributed by atoms with van der Waals surface area (Å²) < 4.78 is 25.3. The second-order valence-electron chi connectivity index (χ2n) is 15.8. The summed E-state index contributed by atoms with van der Waals surface area (Å²) in [6.45, 7) is 4.39. The van der Waals surface area contributed by atoms with Crippen LogP contribution in [0.1, 0.15) is 92.4 Å². The van der Waals surface area contributed by atoms with Crippen LogP contribution in [-0.4, -0.2) is 76.4 Å². The molecule has 8 rings (SSSR count). The molecule has 0 bridgehead atoms. The number of ether oxygens (including phenoxy) is 4. The molecule has 1 spiro atoms. The number of carbonyl (C=O) groups excluding carboxylic acids is 3. The summed E-state index contributed by atoms with van der Waals surface area (Å²) in [6.07, 6.45) is 8.07. The Balaban J connectivity index is 1.08. The van der Waals surface area contributed by atoms with Gasteiger partial charge in [0.1, 0.15) is 36.2 Å². The van der Waals surface area contributed by atoms with Crippen LogP contribution in [0.15, 0.2) is 30.3 Å². The van der Waals surface area contributed by atoms with Crippen molar-refractivity contribution in [3.05, 3.63) is 63.4 Å². The molecule has 3 aromatic rings. The van der Waals surface area contributed by atoms with Crippen molar-refractivity contribution >= 4 is 29.4 Å². The van der Waals surface area contributed by atoms with Gasteiger partial charge in [0.2, 0.25) is 11.8 Å². The van der Waals surface area contributed by atoms with E-state index >= 15 is 0 Å². The maximum absolute atomic E-state index is 15.0. The minimum absolute atomic E-state index is 0.00963. The van der Waals surface area contributed by atoms with Crippen LogP contribution in [0.3, 0.4) is 0 Å². The molecule has 13 heteroatoms. The van der Waals surface area contributed by atoms with Gasteiger partial charge in [0.05, 0.1) is 37.3 Å². The quantitative estimate of drug-likeness (QED) is 0.222. The van der Waals surface area contributed by atoms with Gasteiger partial charge in [-0.05, 0) is 93.5 Å². The van der Waals surface area contributed by atoms with Gasteiger partial charge in [-0.15, -0.1) is 5.10 Å². The number of aromatic nitrogens is 3. The van der Waals surface area contributed by atoms with Crippen molar-refractivity contribution in [2.45, 2.75) is 96.9 Å². The van der Waals surface area contributed by atoms with Crippen LogP contribution in [0, 0.1) is 16.7 Å². The van der Waals surface area contributed by atoms with Crippen LogP contribution in [0.4, 0.5) is 0 Å². The Kier molecular flexibility index (Phi) is 9.53. The molecular formula is C40H48ClN5O7. The average molecular weight is 746 g/mol. The molecule has 1 aromatic heterocycles. The molecule has 3 aliphatic heterocycles. The van der Waals surface area contributed by atoms with E-state index in [4.69, 9.17) is 30.5 Å². The Hall–Kier alpha value is -4.32. The van der Waals surface area contributed by atoms with Crippen LogP contribution >= 0.6 is 11.6 Å². The van der Waals surface area contributed by atoms with Gasteiger partial charge in [-0.2, -0.15) is 0 Å². The molecule has 53 heavy (non-hydrogen) atoms. The Labute approximate surface area is 315 Å². The number of carbonyl (C=O) groups is 3. The standard InChI is InChI=1S/C40H48ClN5O7/c1-39(38(49)53-22-25-9-10-26(50-2)19-34(25)51-3)14-6-7-28(39)37(48)45-18-13-27-29(41)11-12-33(52-23-30-31-8-4-5-17-46(31)43-42-30)36(27)32(45)21-44-24-40(15-16-40)20-35(44)47/h9-12,19,28,32H,4-8,13-18,20-24H2,1-3H3/t28-,32+,39-/m0/s1. The fraction of sp³-hybridized carbons (Fsp3) is 0.575. The van der Waals surface area contributed by atoms with Crippen LogP contribution in [0.25, 0.3) is 0 Å². The summed E-state index contributed by atoms with van der Waals surface area (Å²) in [5.74, 6) is 0.831. The molecule has 3 fully saturated rings. The molecule has 12 nitrogen and oxygen atoms in total. The zero-order valence-electron chi connectivity index (χ0n) is 30.8. The van der Waals surface area contributed by atoms with Crippen LogP contribution < -0.4 is 14.2 Å². The minimum atomic E-state index is -1.02. The molecule has 282 valence electrons. The lowest BCUT2D eigenvalue weighted by Crippen LogP contribution is -2.50. The molecule has 3 atom stereocenters. The van der Waals surface area contributed by atoms with Gasteiger partial charge < -0.3 is 28.7 Å². The summed E-state index contributed by atoms with van der Waals surface area (Å²) in [5.41, 5.74) is 3.41. The first kappa shape index (κ1) is 35.7.